The zero-order valence-electron chi connectivity index (χ0n) is 14.9. The molecule has 0 bridgehead atoms. The van der Waals surface area contributed by atoms with Gasteiger partial charge in [-0.15, -0.1) is 0 Å². The van der Waals surface area contributed by atoms with E-state index in [1.54, 1.807) is 18.2 Å². The highest BCUT2D eigenvalue weighted by molar-refractivity contribution is 6.01. The maximum Gasteiger partial charge on any atom is 0.337 e. The molecule has 1 aromatic rings. The predicted octanol–water partition coefficient (Wildman–Crippen LogP) is 2.25. The number of hydrogen-bond acceptors (Lipinski definition) is 5. The van der Waals surface area contributed by atoms with Crippen molar-refractivity contribution in [2.45, 2.75) is 45.8 Å². The van der Waals surface area contributed by atoms with Gasteiger partial charge in [0.15, 0.2) is 0 Å². The number of nitrogens with one attached hydrogen (secondary N) is 1. The number of amides is 1. The van der Waals surface area contributed by atoms with Crippen LogP contribution < -0.4 is 11.1 Å². The van der Waals surface area contributed by atoms with Gasteiger partial charge in [-0.2, -0.15) is 0 Å². The lowest BCUT2D eigenvalue weighted by Gasteiger charge is -2.57. The standard InChI is InChI=1S/C18H26N2O4/c1-6-24-14-10-18(19,17(14,3)4)16(22)20-13-9-12(15(21)23-5)8-7-11(13)2/h7-9,14H,6,10,19H2,1-5H3,(H,20,22). The van der Waals surface area contributed by atoms with Crippen LogP contribution in [0.3, 0.4) is 0 Å². The van der Waals surface area contributed by atoms with Gasteiger partial charge in [-0.05, 0) is 31.5 Å². The summed E-state index contributed by atoms with van der Waals surface area (Å²) < 4.78 is 10.4. The van der Waals surface area contributed by atoms with Crippen molar-refractivity contribution >= 4 is 17.6 Å². The minimum atomic E-state index is -1.01. The summed E-state index contributed by atoms with van der Waals surface area (Å²) in [5.41, 5.74) is 6.68. The van der Waals surface area contributed by atoms with E-state index in [4.69, 9.17) is 15.2 Å². The second kappa shape index (κ2) is 6.53. The first-order valence-electron chi connectivity index (χ1n) is 8.08. The van der Waals surface area contributed by atoms with Gasteiger partial charge in [-0.25, -0.2) is 4.79 Å². The second-order valence-electron chi connectivity index (χ2n) is 6.82. The Kier molecular flexibility index (Phi) is 5.01. The molecular formula is C18H26N2O4. The van der Waals surface area contributed by atoms with Crippen LogP contribution in [-0.4, -0.2) is 37.2 Å². The summed E-state index contributed by atoms with van der Waals surface area (Å²) in [7, 11) is 1.32. The minimum Gasteiger partial charge on any atom is -0.465 e. The zero-order valence-corrected chi connectivity index (χ0v) is 14.9. The van der Waals surface area contributed by atoms with Crippen molar-refractivity contribution in [1.82, 2.24) is 0 Å². The number of rotatable bonds is 5. The first kappa shape index (κ1) is 18.4. The van der Waals surface area contributed by atoms with E-state index in [1.807, 2.05) is 27.7 Å². The molecule has 1 saturated carbocycles. The Morgan fingerprint density at radius 3 is 2.58 bits per heavy atom. The molecule has 0 saturated heterocycles. The Bertz CT molecular complexity index is 656. The first-order valence-corrected chi connectivity index (χ1v) is 8.08. The van der Waals surface area contributed by atoms with Crippen LogP contribution >= 0.6 is 0 Å². The lowest BCUT2D eigenvalue weighted by molar-refractivity contribution is -0.166. The molecule has 1 aliphatic rings. The van der Waals surface area contributed by atoms with Crippen molar-refractivity contribution in [3.63, 3.8) is 0 Å². The van der Waals surface area contributed by atoms with Crippen molar-refractivity contribution in [3.8, 4) is 0 Å². The summed E-state index contributed by atoms with van der Waals surface area (Å²) in [4.78, 5) is 24.4. The molecule has 0 spiro atoms. The number of carbonyl (C=O) groups is 2. The summed E-state index contributed by atoms with van der Waals surface area (Å²) in [6, 6.07) is 5.03. The maximum atomic E-state index is 12.8. The molecule has 1 amide bonds. The monoisotopic (exact) mass is 334 g/mol. The summed E-state index contributed by atoms with van der Waals surface area (Å²) >= 11 is 0. The normalized spacial score (nSPS) is 24.8. The highest BCUT2D eigenvalue weighted by Gasteiger charge is 2.62. The molecule has 0 radical (unpaired) electrons. The molecule has 0 aliphatic heterocycles. The summed E-state index contributed by atoms with van der Waals surface area (Å²) in [6.07, 6.45) is 0.427. The van der Waals surface area contributed by atoms with E-state index in [9.17, 15) is 9.59 Å². The second-order valence-corrected chi connectivity index (χ2v) is 6.82. The Morgan fingerprint density at radius 2 is 2.04 bits per heavy atom. The van der Waals surface area contributed by atoms with E-state index in [0.29, 0.717) is 24.3 Å². The first-order chi connectivity index (χ1) is 11.2. The Hall–Kier alpha value is -1.92. The van der Waals surface area contributed by atoms with Gasteiger partial charge in [0.2, 0.25) is 5.91 Å². The van der Waals surface area contributed by atoms with Crippen LogP contribution in [0, 0.1) is 12.3 Å². The van der Waals surface area contributed by atoms with E-state index in [2.05, 4.69) is 5.32 Å². The number of aryl methyl sites for hydroxylation is 1. The van der Waals surface area contributed by atoms with Crippen LogP contribution in [0.15, 0.2) is 18.2 Å². The van der Waals surface area contributed by atoms with Crippen molar-refractivity contribution < 1.29 is 19.1 Å². The van der Waals surface area contributed by atoms with Crippen LogP contribution in [0.1, 0.15) is 43.1 Å². The zero-order chi connectivity index (χ0) is 18.1. The number of esters is 1. The van der Waals surface area contributed by atoms with Gasteiger partial charge in [-0.1, -0.05) is 19.9 Å². The summed E-state index contributed by atoms with van der Waals surface area (Å²) in [6.45, 7) is 8.25. The lowest BCUT2D eigenvalue weighted by atomic mass is 9.54. The molecular weight excluding hydrogens is 308 g/mol. The Morgan fingerprint density at radius 1 is 1.38 bits per heavy atom. The average molecular weight is 334 g/mol. The van der Waals surface area contributed by atoms with Crippen LogP contribution in [-0.2, 0) is 14.3 Å². The smallest absolute Gasteiger partial charge is 0.337 e. The van der Waals surface area contributed by atoms with E-state index in [0.717, 1.165) is 5.56 Å². The molecule has 1 fully saturated rings. The van der Waals surface area contributed by atoms with Crippen molar-refractivity contribution in [2.24, 2.45) is 11.1 Å². The number of carbonyl (C=O) groups excluding carboxylic acids is 2. The molecule has 0 aromatic heterocycles. The molecule has 2 atom stereocenters. The molecule has 6 heteroatoms. The molecule has 1 aliphatic carbocycles. The van der Waals surface area contributed by atoms with Gasteiger partial charge in [0.05, 0.1) is 18.8 Å². The maximum absolute atomic E-state index is 12.8. The van der Waals surface area contributed by atoms with E-state index < -0.39 is 16.9 Å². The van der Waals surface area contributed by atoms with Crippen LogP contribution in [0.4, 0.5) is 5.69 Å². The van der Waals surface area contributed by atoms with Gasteiger partial charge in [0, 0.05) is 24.1 Å². The number of nitrogens with two attached hydrogens (primary N) is 1. The fraction of sp³-hybridized carbons (Fsp3) is 0.556. The Labute approximate surface area is 142 Å². The summed E-state index contributed by atoms with van der Waals surface area (Å²) in [5.74, 6) is -0.720. The van der Waals surface area contributed by atoms with Crippen LogP contribution in [0.5, 0.6) is 0 Å². The van der Waals surface area contributed by atoms with Gasteiger partial charge in [0.1, 0.15) is 5.54 Å². The molecule has 2 unspecified atom stereocenters. The van der Waals surface area contributed by atoms with E-state index >= 15 is 0 Å². The van der Waals surface area contributed by atoms with E-state index in [1.165, 1.54) is 7.11 Å². The van der Waals surface area contributed by atoms with Gasteiger partial charge in [-0.3, -0.25) is 4.79 Å². The number of hydrogen-bond donors (Lipinski definition) is 2. The van der Waals surface area contributed by atoms with E-state index in [-0.39, 0.29) is 12.0 Å². The third-order valence-electron chi connectivity index (χ3n) is 5.14. The van der Waals surface area contributed by atoms with Crippen molar-refractivity contribution in [1.29, 1.82) is 0 Å². The van der Waals surface area contributed by atoms with Gasteiger partial charge < -0.3 is 20.5 Å². The third-order valence-corrected chi connectivity index (χ3v) is 5.14. The van der Waals surface area contributed by atoms with Crippen molar-refractivity contribution in [3.05, 3.63) is 29.3 Å². The number of ether oxygens (including phenoxy) is 2. The number of anilines is 1. The molecule has 2 rings (SSSR count). The molecule has 1 aromatic carbocycles. The van der Waals surface area contributed by atoms with Gasteiger partial charge >= 0.3 is 5.97 Å². The molecule has 3 N–H and O–H groups in total. The topological polar surface area (TPSA) is 90.6 Å². The van der Waals surface area contributed by atoms with Crippen LogP contribution in [0.25, 0.3) is 0 Å². The predicted molar refractivity (Wildman–Crippen MR) is 91.9 cm³/mol. The molecule has 24 heavy (non-hydrogen) atoms. The Balaban J connectivity index is 2.20. The SMILES string of the molecule is CCOC1CC(N)(C(=O)Nc2cc(C(=O)OC)ccc2C)C1(C)C. The average Bonchev–Trinajstić information content (AvgIpc) is 2.55. The molecule has 6 nitrogen and oxygen atoms in total. The quantitative estimate of drug-likeness (QED) is 0.806. The van der Waals surface area contributed by atoms with Gasteiger partial charge in [0.25, 0.3) is 0 Å². The highest BCUT2D eigenvalue weighted by atomic mass is 16.5. The fourth-order valence-electron chi connectivity index (χ4n) is 3.06. The molecule has 0 heterocycles. The third kappa shape index (κ3) is 2.91. The number of benzene rings is 1. The largest absolute Gasteiger partial charge is 0.465 e. The lowest BCUT2D eigenvalue weighted by Crippen LogP contribution is -2.74. The summed E-state index contributed by atoms with van der Waals surface area (Å²) in [5, 5.41) is 2.86. The van der Waals surface area contributed by atoms with Crippen molar-refractivity contribution in [2.75, 3.05) is 19.0 Å². The minimum absolute atomic E-state index is 0.0410. The van der Waals surface area contributed by atoms with Crippen LogP contribution in [0.2, 0.25) is 0 Å². The highest BCUT2D eigenvalue weighted by Crippen LogP contribution is 2.50. The fourth-order valence-corrected chi connectivity index (χ4v) is 3.06. The number of methoxy groups -OCH3 is 1. The molecule has 132 valence electrons.